The van der Waals surface area contributed by atoms with E-state index in [2.05, 4.69) is 15.4 Å². The number of rotatable bonds is 3. The van der Waals surface area contributed by atoms with Crippen molar-refractivity contribution in [2.24, 2.45) is 0 Å². The monoisotopic (exact) mass is 498 g/mol. The number of carbonyl (C=O) groups excluding carboxylic acids is 1. The number of nitrogens with one attached hydrogen (secondary N) is 1. The first-order chi connectivity index (χ1) is 16.8. The molecule has 2 atom stereocenters. The topological polar surface area (TPSA) is 208 Å². The molecule has 4 heterocycles. The largest absolute Gasteiger partial charge is 0.385 e. The summed E-state index contributed by atoms with van der Waals surface area (Å²) in [5, 5.41) is 77.4. The number of halogens is 1. The number of amides is 1. The molecule has 1 saturated heterocycles. The van der Waals surface area contributed by atoms with Gasteiger partial charge < -0.3 is 36.0 Å². The third-order valence-electron chi connectivity index (χ3n) is 6.09. The van der Waals surface area contributed by atoms with Crippen molar-refractivity contribution in [2.75, 3.05) is 4.90 Å². The molecule has 2 aromatic heterocycles. The summed E-state index contributed by atoms with van der Waals surface area (Å²) in [7, 11) is 0. The molecule has 0 radical (unpaired) electrons. The molecule has 186 valence electrons. The molecule has 0 aliphatic carbocycles. The van der Waals surface area contributed by atoms with Crippen molar-refractivity contribution in [1.82, 2.24) is 20.1 Å². The van der Waals surface area contributed by atoms with Crippen molar-refractivity contribution in [3.63, 3.8) is 0 Å². The fourth-order valence-corrected chi connectivity index (χ4v) is 4.46. The van der Waals surface area contributed by atoms with E-state index in [9.17, 15) is 45.1 Å². The zero-order valence-corrected chi connectivity index (χ0v) is 18.5. The fraction of sp³-hybridized carbons (Fsp3) is 0.273. The number of aliphatic hydroxyl groups is 6. The fourth-order valence-electron chi connectivity index (χ4n) is 4.46. The van der Waals surface area contributed by atoms with Gasteiger partial charge in [-0.05, 0) is 25.1 Å². The standard InChI is InChI=1S/C22H19FN6O7/c1-20(32)18-17(19(31)26-20)13(7-12(25-18)16-10(9-24)3-2-4-11(16)23)28-6-5-15(27-28)29-21(33,34)8-14(30)22(29,35)36/h2-7,14,30,32-36H,8H2,1H3,(H,26,31). The van der Waals surface area contributed by atoms with Crippen LogP contribution in [0.1, 0.15) is 35.0 Å². The van der Waals surface area contributed by atoms with E-state index < -0.39 is 47.6 Å². The first-order valence-electron chi connectivity index (χ1n) is 10.5. The predicted molar refractivity (Wildman–Crippen MR) is 116 cm³/mol. The van der Waals surface area contributed by atoms with Crippen LogP contribution in [-0.2, 0) is 5.72 Å². The number of fused-ring (bicyclic) bond motifs is 1. The number of aromatic nitrogens is 3. The average molecular weight is 498 g/mol. The van der Waals surface area contributed by atoms with Gasteiger partial charge in [-0.15, -0.1) is 5.10 Å². The van der Waals surface area contributed by atoms with Crippen molar-refractivity contribution in [2.45, 2.75) is 37.0 Å². The normalized spacial score (nSPS) is 23.9. The molecule has 5 rings (SSSR count). The maximum Gasteiger partial charge on any atom is 0.279 e. The van der Waals surface area contributed by atoms with Crippen molar-refractivity contribution in [3.05, 3.63) is 59.2 Å². The second kappa shape index (κ2) is 7.51. The second-order valence-corrected chi connectivity index (χ2v) is 8.69. The maximum absolute atomic E-state index is 14.8. The number of hydrogen-bond donors (Lipinski definition) is 7. The van der Waals surface area contributed by atoms with Gasteiger partial charge in [0.1, 0.15) is 17.6 Å². The number of carbonyl (C=O) groups is 1. The Bertz CT molecular complexity index is 1460. The molecule has 7 N–H and O–H groups in total. The van der Waals surface area contributed by atoms with Crippen LogP contribution in [0.25, 0.3) is 16.9 Å². The quantitative estimate of drug-likeness (QED) is 0.211. The van der Waals surface area contributed by atoms with Gasteiger partial charge in [-0.2, -0.15) is 5.26 Å². The van der Waals surface area contributed by atoms with Gasteiger partial charge in [0.25, 0.3) is 17.7 Å². The van der Waals surface area contributed by atoms with Crippen LogP contribution >= 0.6 is 0 Å². The summed E-state index contributed by atoms with van der Waals surface area (Å²) in [6.07, 6.45) is -1.57. The molecule has 14 heteroatoms. The van der Waals surface area contributed by atoms with E-state index in [1.165, 1.54) is 31.3 Å². The minimum atomic E-state index is -3.09. The summed E-state index contributed by atoms with van der Waals surface area (Å²) in [5.74, 6) is -7.92. The smallest absolute Gasteiger partial charge is 0.279 e. The highest BCUT2D eigenvalue weighted by molar-refractivity contribution is 6.03. The van der Waals surface area contributed by atoms with E-state index in [1.54, 1.807) is 0 Å². The van der Waals surface area contributed by atoms with Crippen LogP contribution in [0.4, 0.5) is 10.2 Å². The molecule has 1 aromatic carbocycles. The molecule has 0 saturated carbocycles. The number of nitriles is 1. The highest BCUT2D eigenvalue weighted by Gasteiger charge is 2.60. The highest BCUT2D eigenvalue weighted by Crippen LogP contribution is 2.40. The van der Waals surface area contributed by atoms with E-state index in [-0.39, 0.29) is 38.7 Å². The summed E-state index contributed by atoms with van der Waals surface area (Å²) in [4.78, 5) is 17.3. The number of aliphatic hydroxyl groups excluding tert-OH is 1. The minimum Gasteiger partial charge on any atom is -0.385 e. The molecule has 2 aliphatic heterocycles. The summed E-state index contributed by atoms with van der Waals surface area (Å²) in [6, 6.07) is 8.06. The van der Waals surface area contributed by atoms with Crippen molar-refractivity contribution >= 4 is 11.7 Å². The first-order valence-corrected chi connectivity index (χ1v) is 10.5. The molecule has 1 fully saturated rings. The molecule has 13 nitrogen and oxygen atoms in total. The molecule has 1 amide bonds. The van der Waals surface area contributed by atoms with Gasteiger partial charge in [-0.25, -0.2) is 19.0 Å². The minimum absolute atomic E-state index is 0.0497. The molecular weight excluding hydrogens is 479 g/mol. The van der Waals surface area contributed by atoms with Gasteiger partial charge in [0.05, 0.1) is 40.6 Å². The lowest BCUT2D eigenvalue weighted by molar-refractivity contribution is -0.223. The second-order valence-electron chi connectivity index (χ2n) is 8.69. The Kier molecular flexibility index (Phi) is 4.96. The van der Waals surface area contributed by atoms with E-state index in [4.69, 9.17) is 0 Å². The van der Waals surface area contributed by atoms with Crippen LogP contribution in [0, 0.1) is 17.1 Å². The lowest BCUT2D eigenvalue weighted by Gasteiger charge is -2.34. The Hall–Kier alpha value is -3.97. The van der Waals surface area contributed by atoms with E-state index in [0.29, 0.717) is 0 Å². The van der Waals surface area contributed by atoms with E-state index in [1.807, 2.05) is 6.07 Å². The van der Waals surface area contributed by atoms with Crippen LogP contribution in [0.3, 0.4) is 0 Å². The van der Waals surface area contributed by atoms with Crippen LogP contribution < -0.4 is 10.2 Å². The lowest BCUT2D eigenvalue weighted by Crippen LogP contribution is -2.57. The predicted octanol–water partition coefficient (Wildman–Crippen LogP) is -1.30. The Labute approximate surface area is 201 Å². The number of nitrogens with zero attached hydrogens (tertiary/aromatic N) is 5. The van der Waals surface area contributed by atoms with Crippen LogP contribution in [0.2, 0.25) is 0 Å². The molecule has 0 spiro atoms. The van der Waals surface area contributed by atoms with Crippen LogP contribution in [0.5, 0.6) is 0 Å². The van der Waals surface area contributed by atoms with E-state index >= 15 is 0 Å². The molecule has 2 unspecified atom stereocenters. The van der Waals surface area contributed by atoms with Crippen molar-refractivity contribution in [1.29, 1.82) is 5.26 Å². The van der Waals surface area contributed by atoms with Gasteiger partial charge >= 0.3 is 0 Å². The van der Waals surface area contributed by atoms with Crippen molar-refractivity contribution in [3.8, 4) is 23.0 Å². The molecule has 3 aromatic rings. The summed E-state index contributed by atoms with van der Waals surface area (Å²) in [6.45, 7) is 1.25. The average Bonchev–Trinajstić information content (AvgIpc) is 3.38. The maximum atomic E-state index is 14.8. The SMILES string of the molecule is CC1(O)NC(=O)c2c(-n3ccc(N4C(O)(O)CC(O)C4(O)O)n3)cc(-c3c(F)cccc3C#N)nc21. The van der Waals surface area contributed by atoms with Gasteiger partial charge in [0.2, 0.25) is 0 Å². The number of hydrogen-bond acceptors (Lipinski definition) is 11. The summed E-state index contributed by atoms with van der Waals surface area (Å²) in [5.41, 5.74) is -2.70. The Balaban J connectivity index is 1.73. The van der Waals surface area contributed by atoms with Crippen LogP contribution in [0.15, 0.2) is 36.5 Å². The zero-order valence-electron chi connectivity index (χ0n) is 18.5. The molecular formula is C22H19FN6O7. The third-order valence-corrected chi connectivity index (χ3v) is 6.09. The van der Waals surface area contributed by atoms with Crippen molar-refractivity contribution < 1.29 is 39.8 Å². The summed E-state index contributed by atoms with van der Waals surface area (Å²) < 4.78 is 15.8. The number of benzene rings is 1. The lowest BCUT2D eigenvalue weighted by atomic mass is 10.0. The van der Waals surface area contributed by atoms with Gasteiger partial charge in [-0.1, -0.05) is 6.07 Å². The highest BCUT2D eigenvalue weighted by atomic mass is 19.1. The zero-order chi connectivity index (χ0) is 26.2. The number of anilines is 1. The Morgan fingerprint density at radius 3 is 2.56 bits per heavy atom. The Morgan fingerprint density at radius 1 is 1.19 bits per heavy atom. The molecule has 36 heavy (non-hydrogen) atoms. The molecule has 0 bridgehead atoms. The van der Waals surface area contributed by atoms with Gasteiger partial charge in [0, 0.05) is 12.3 Å². The molecule has 2 aliphatic rings. The van der Waals surface area contributed by atoms with Gasteiger partial charge in [-0.3, -0.25) is 4.79 Å². The number of pyridine rings is 1. The Morgan fingerprint density at radius 2 is 1.92 bits per heavy atom. The first kappa shape index (κ1) is 23.8. The van der Waals surface area contributed by atoms with Crippen LogP contribution in [-0.4, -0.2) is 69.2 Å². The summed E-state index contributed by atoms with van der Waals surface area (Å²) >= 11 is 0. The third kappa shape index (κ3) is 3.34. The van der Waals surface area contributed by atoms with Gasteiger partial charge in [0.15, 0.2) is 11.5 Å². The van der Waals surface area contributed by atoms with E-state index in [0.717, 1.165) is 16.8 Å².